The normalized spacial score (nSPS) is 15.1. The van der Waals surface area contributed by atoms with Gasteiger partial charge in [-0.1, -0.05) is 23.2 Å². The molecule has 0 aliphatic heterocycles. The molecule has 2 atom stereocenters. The van der Waals surface area contributed by atoms with E-state index in [1.807, 2.05) is 0 Å². The van der Waals surface area contributed by atoms with Crippen LogP contribution in [0.3, 0.4) is 0 Å². The van der Waals surface area contributed by atoms with Gasteiger partial charge in [-0.2, -0.15) is 0 Å². The van der Waals surface area contributed by atoms with Crippen molar-refractivity contribution in [1.82, 2.24) is 0 Å². The van der Waals surface area contributed by atoms with Gasteiger partial charge in [0.05, 0.1) is 16.1 Å². The number of nitrogens with two attached hydrogens (primary N) is 1. The molecule has 0 spiro atoms. The van der Waals surface area contributed by atoms with Gasteiger partial charge in [-0.05, 0) is 12.1 Å². The highest BCUT2D eigenvalue weighted by atomic mass is 35.5. The highest BCUT2D eigenvalue weighted by Crippen LogP contribution is 2.32. The molecule has 0 amide bonds. The summed E-state index contributed by atoms with van der Waals surface area (Å²) in [7, 11) is 0. The smallest absolute Gasteiger partial charge is 0.126 e. The van der Waals surface area contributed by atoms with Crippen LogP contribution in [0.25, 0.3) is 0 Å². The summed E-state index contributed by atoms with van der Waals surface area (Å²) in [5, 5.41) is 18.8. The van der Waals surface area contributed by atoms with Crippen LogP contribution >= 0.6 is 23.2 Å². The second kappa shape index (κ2) is 5.09. The number of benzene rings is 1. The van der Waals surface area contributed by atoms with E-state index in [0.717, 1.165) is 12.1 Å². The summed E-state index contributed by atoms with van der Waals surface area (Å²) in [5.74, 6) is -0.608. The molecule has 3 nitrogen and oxygen atoms in total. The van der Waals surface area contributed by atoms with Crippen LogP contribution in [0.2, 0.25) is 10.0 Å². The largest absolute Gasteiger partial charge is 0.389 e. The van der Waals surface area contributed by atoms with E-state index in [1.54, 1.807) is 0 Å². The summed E-state index contributed by atoms with van der Waals surface area (Å²) < 4.78 is 12.8. The summed E-state index contributed by atoms with van der Waals surface area (Å²) in [5.41, 5.74) is 5.25. The minimum Gasteiger partial charge on any atom is -0.389 e. The molecular formula is C9H10Cl2FNO2. The summed E-state index contributed by atoms with van der Waals surface area (Å²) in [4.78, 5) is 0. The van der Waals surface area contributed by atoms with Crippen LogP contribution in [-0.4, -0.2) is 22.9 Å². The maximum absolute atomic E-state index is 12.8. The Morgan fingerprint density at radius 3 is 2.13 bits per heavy atom. The standard InChI is InChI=1S/C9H10Cl2FNO2/c10-5-1-4(12)2-6(11)8(5)9(15)7(14)3-13/h1-2,7,9,14-15H,3,13H2. The van der Waals surface area contributed by atoms with Crippen LogP contribution in [0, 0.1) is 5.82 Å². The van der Waals surface area contributed by atoms with E-state index in [0.29, 0.717) is 0 Å². The van der Waals surface area contributed by atoms with Crippen molar-refractivity contribution in [3.63, 3.8) is 0 Å². The molecule has 84 valence electrons. The molecule has 0 fully saturated rings. The zero-order valence-electron chi connectivity index (χ0n) is 7.62. The highest BCUT2D eigenvalue weighted by Gasteiger charge is 2.22. The van der Waals surface area contributed by atoms with E-state index in [9.17, 15) is 14.6 Å². The molecule has 0 heterocycles. The molecule has 0 aliphatic rings. The maximum atomic E-state index is 12.8. The van der Waals surface area contributed by atoms with Gasteiger partial charge in [-0.25, -0.2) is 4.39 Å². The van der Waals surface area contributed by atoms with Crippen LogP contribution in [0.5, 0.6) is 0 Å². The van der Waals surface area contributed by atoms with Crippen molar-refractivity contribution in [1.29, 1.82) is 0 Å². The minimum absolute atomic E-state index is 0.0417. The van der Waals surface area contributed by atoms with Crippen LogP contribution < -0.4 is 5.73 Å². The summed E-state index contributed by atoms with van der Waals surface area (Å²) in [6.07, 6.45) is -2.51. The van der Waals surface area contributed by atoms with Gasteiger partial charge in [0.2, 0.25) is 0 Å². The summed E-state index contributed by atoms with van der Waals surface area (Å²) in [6, 6.07) is 2.02. The average Bonchev–Trinajstić information content (AvgIpc) is 2.14. The van der Waals surface area contributed by atoms with Crippen molar-refractivity contribution in [3.05, 3.63) is 33.6 Å². The average molecular weight is 254 g/mol. The second-order valence-electron chi connectivity index (χ2n) is 3.03. The Morgan fingerprint density at radius 2 is 1.73 bits per heavy atom. The molecule has 0 saturated heterocycles. The van der Waals surface area contributed by atoms with Crippen LogP contribution in [0.15, 0.2) is 12.1 Å². The Balaban J connectivity index is 3.13. The molecule has 1 aromatic carbocycles. The number of hydrogen-bond donors (Lipinski definition) is 3. The lowest BCUT2D eigenvalue weighted by molar-refractivity contribution is 0.0244. The second-order valence-corrected chi connectivity index (χ2v) is 3.85. The maximum Gasteiger partial charge on any atom is 0.126 e. The molecule has 15 heavy (non-hydrogen) atoms. The Hall–Kier alpha value is -0.390. The first-order valence-corrected chi connectivity index (χ1v) is 4.93. The molecule has 1 rings (SSSR count). The van der Waals surface area contributed by atoms with Crippen LogP contribution in [0.4, 0.5) is 4.39 Å². The minimum atomic E-state index is -1.32. The lowest BCUT2D eigenvalue weighted by Gasteiger charge is -2.18. The first kappa shape index (κ1) is 12.7. The van der Waals surface area contributed by atoms with Crippen LogP contribution in [0.1, 0.15) is 11.7 Å². The SMILES string of the molecule is NCC(O)C(O)c1c(Cl)cc(F)cc1Cl. The molecule has 0 aromatic heterocycles. The van der Waals surface area contributed by atoms with E-state index in [-0.39, 0.29) is 22.2 Å². The van der Waals surface area contributed by atoms with Gasteiger partial charge in [-0.15, -0.1) is 0 Å². The third kappa shape index (κ3) is 2.80. The van der Waals surface area contributed by atoms with Crippen molar-refractivity contribution < 1.29 is 14.6 Å². The molecule has 0 bridgehead atoms. The molecule has 4 N–H and O–H groups in total. The molecule has 0 radical (unpaired) electrons. The van der Waals surface area contributed by atoms with Gasteiger partial charge in [-0.3, -0.25) is 0 Å². The number of aliphatic hydroxyl groups excluding tert-OH is 2. The number of rotatable bonds is 3. The fourth-order valence-corrected chi connectivity index (χ4v) is 1.84. The number of hydrogen-bond acceptors (Lipinski definition) is 3. The first-order chi connectivity index (χ1) is 6.97. The molecule has 0 saturated carbocycles. The summed E-state index contributed by atoms with van der Waals surface area (Å²) in [6.45, 7) is -0.148. The molecule has 1 aromatic rings. The third-order valence-electron chi connectivity index (χ3n) is 1.95. The summed E-state index contributed by atoms with van der Waals surface area (Å²) >= 11 is 11.4. The van der Waals surface area contributed by atoms with Gasteiger partial charge in [0.25, 0.3) is 0 Å². The Kier molecular flexibility index (Phi) is 4.31. The van der Waals surface area contributed by atoms with Gasteiger partial charge in [0, 0.05) is 12.1 Å². The van der Waals surface area contributed by atoms with Gasteiger partial charge < -0.3 is 15.9 Å². The zero-order valence-corrected chi connectivity index (χ0v) is 9.13. The third-order valence-corrected chi connectivity index (χ3v) is 2.57. The highest BCUT2D eigenvalue weighted by molar-refractivity contribution is 6.36. The Bertz CT molecular complexity index is 339. The van der Waals surface area contributed by atoms with Gasteiger partial charge >= 0.3 is 0 Å². The van der Waals surface area contributed by atoms with E-state index >= 15 is 0 Å². The lowest BCUT2D eigenvalue weighted by Crippen LogP contribution is -2.27. The van der Waals surface area contributed by atoms with Gasteiger partial charge in [0.15, 0.2) is 0 Å². The van der Waals surface area contributed by atoms with E-state index < -0.39 is 18.0 Å². The zero-order chi connectivity index (χ0) is 11.6. The predicted molar refractivity (Wildman–Crippen MR) is 56.4 cm³/mol. The lowest BCUT2D eigenvalue weighted by atomic mass is 10.0. The fraction of sp³-hybridized carbons (Fsp3) is 0.333. The van der Waals surface area contributed by atoms with Crippen molar-refractivity contribution in [2.45, 2.75) is 12.2 Å². The topological polar surface area (TPSA) is 66.5 Å². The fourth-order valence-electron chi connectivity index (χ4n) is 1.16. The number of aliphatic hydroxyl groups is 2. The van der Waals surface area contributed by atoms with E-state index in [1.165, 1.54) is 0 Å². The monoisotopic (exact) mass is 253 g/mol. The van der Waals surface area contributed by atoms with Crippen LogP contribution in [-0.2, 0) is 0 Å². The first-order valence-electron chi connectivity index (χ1n) is 4.18. The predicted octanol–water partition coefficient (Wildman–Crippen LogP) is 1.49. The van der Waals surface area contributed by atoms with Crippen molar-refractivity contribution >= 4 is 23.2 Å². The van der Waals surface area contributed by atoms with Gasteiger partial charge in [0.1, 0.15) is 11.9 Å². The number of halogens is 3. The molecule has 2 unspecified atom stereocenters. The quantitative estimate of drug-likeness (QED) is 0.765. The van der Waals surface area contributed by atoms with E-state index in [2.05, 4.69) is 0 Å². The van der Waals surface area contributed by atoms with Crippen molar-refractivity contribution in [2.24, 2.45) is 5.73 Å². The molecular weight excluding hydrogens is 244 g/mol. The Morgan fingerprint density at radius 1 is 1.27 bits per heavy atom. The Labute approximate surface area is 96.2 Å². The molecule has 0 aliphatic carbocycles. The van der Waals surface area contributed by atoms with E-state index in [4.69, 9.17) is 28.9 Å². The molecule has 6 heteroatoms. The van der Waals surface area contributed by atoms with Crippen molar-refractivity contribution in [2.75, 3.05) is 6.54 Å². The van der Waals surface area contributed by atoms with Crippen molar-refractivity contribution in [3.8, 4) is 0 Å².